The Balaban J connectivity index is 2.00. The van der Waals surface area contributed by atoms with Crippen molar-refractivity contribution in [1.82, 2.24) is 10.6 Å². The van der Waals surface area contributed by atoms with Crippen molar-refractivity contribution in [3.8, 4) is 0 Å². The smallest absolute Gasteiger partial charge is 0.251 e. The van der Waals surface area contributed by atoms with Crippen LogP contribution in [0.2, 0.25) is 0 Å². The van der Waals surface area contributed by atoms with E-state index in [1.54, 1.807) is 0 Å². The minimum Gasteiger partial charge on any atom is -0.352 e. The van der Waals surface area contributed by atoms with Gasteiger partial charge in [-0.1, -0.05) is 18.2 Å². The maximum Gasteiger partial charge on any atom is 0.251 e. The van der Waals surface area contributed by atoms with Gasteiger partial charge in [0, 0.05) is 12.1 Å². The van der Waals surface area contributed by atoms with Gasteiger partial charge in [0.15, 0.2) is 0 Å². The summed E-state index contributed by atoms with van der Waals surface area (Å²) in [5.41, 5.74) is 6.11. The van der Waals surface area contributed by atoms with Gasteiger partial charge in [-0.05, 0) is 51.0 Å². The summed E-state index contributed by atoms with van der Waals surface area (Å²) < 4.78 is 0. The van der Waals surface area contributed by atoms with Crippen molar-refractivity contribution in [2.75, 3.05) is 26.2 Å². The second kappa shape index (κ2) is 9.62. The molecule has 0 aliphatic rings. The highest BCUT2D eigenvalue weighted by Gasteiger charge is 2.02. The van der Waals surface area contributed by atoms with Crippen LogP contribution in [0.1, 0.15) is 29.6 Å². The first kappa shape index (κ1) is 14.7. The quantitative estimate of drug-likeness (QED) is 0.575. The van der Waals surface area contributed by atoms with Gasteiger partial charge in [0.2, 0.25) is 0 Å². The average molecular weight is 249 g/mol. The van der Waals surface area contributed by atoms with Crippen LogP contribution in [0, 0.1) is 0 Å². The Hall–Kier alpha value is -1.39. The number of carbonyl (C=O) groups excluding carboxylic acids is 1. The lowest BCUT2D eigenvalue weighted by atomic mass is 10.2. The molecule has 0 saturated heterocycles. The summed E-state index contributed by atoms with van der Waals surface area (Å²) in [7, 11) is 0. The Kier molecular flexibility index (Phi) is 7.84. The van der Waals surface area contributed by atoms with E-state index in [9.17, 15) is 4.79 Å². The minimum atomic E-state index is 0.00620. The molecule has 100 valence electrons. The maximum absolute atomic E-state index is 11.7. The van der Waals surface area contributed by atoms with Crippen molar-refractivity contribution in [3.63, 3.8) is 0 Å². The fraction of sp³-hybridized carbons (Fsp3) is 0.500. The monoisotopic (exact) mass is 249 g/mol. The Bertz CT molecular complexity index is 327. The van der Waals surface area contributed by atoms with E-state index in [2.05, 4.69) is 10.6 Å². The summed E-state index contributed by atoms with van der Waals surface area (Å²) in [5.74, 6) is 0.00620. The zero-order chi connectivity index (χ0) is 13.1. The average Bonchev–Trinajstić information content (AvgIpc) is 2.42. The van der Waals surface area contributed by atoms with Crippen LogP contribution in [0.5, 0.6) is 0 Å². The second-order valence-electron chi connectivity index (χ2n) is 4.22. The van der Waals surface area contributed by atoms with E-state index in [1.165, 1.54) is 0 Å². The van der Waals surface area contributed by atoms with E-state index in [4.69, 9.17) is 5.73 Å². The molecule has 1 aromatic rings. The molecule has 0 radical (unpaired) electrons. The summed E-state index contributed by atoms with van der Waals surface area (Å²) in [6, 6.07) is 9.30. The largest absolute Gasteiger partial charge is 0.352 e. The van der Waals surface area contributed by atoms with Gasteiger partial charge in [-0.15, -0.1) is 0 Å². The van der Waals surface area contributed by atoms with Gasteiger partial charge in [-0.3, -0.25) is 4.79 Å². The molecular weight excluding hydrogens is 226 g/mol. The molecule has 0 aliphatic carbocycles. The number of amides is 1. The van der Waals surface area contributed by atoms with Crippen LogP contribution in [-0.4, -0.2) is 32.1 Å². The van der Waals surface area contributed by atoms with E-state index in [0.717, 1.165) is 51.0 Å². The number of nitrogens with two attached hydrogens (primary N) is 1. The van der Waals surface area contributed by atoms with Crippen molar-refractivity contribution in [2.24, 2.45) is 5.73 Å². The lowest BCUT2D eigenvalue weighted by Crippen LogP contribution is -2.25. The van der Waals surface area contributed by atoms with Gasteiger partial charge < -0.3 is 16.4 Å². The highest BCUT2D eigenvalue weighted by Crippen LogP contribution is 1.97. The van der Waals surface area contributed by atoms with Crippen LogP contribution in [-0.2, 0) is 0 Å². The van der Waals surface area contributed by atoms with E-state index in [0.29, 0.717) is 0 Å². The molecular formula is C14H23N3O. The van der Waals surface area contributed by atoms with Crippen molar-refractivity contribution in [3.05, 3.63) is 35.9 Å². The number of rotatable bonds is 9. The van der Waals surface area contributed by atoms with Crippen LogP contribution in [0.15, 0.2) is 30.3 Å². The summed E-state index contributed by atoms with van der Waals surface area (Å²) in [6.45, 7) is 3.43. The first-order valence-electron chi connectivity index (χ1n) is 6.58. The zero-order valence-electron chi connectivity index (χ0n) is 10.8. The highest BCUT2D eigenvalue weighted by molar-refractivity contribution is 5.94. The molecule has 1 rings (SSSR count). The molecule has 0 spiro atoms. The molecule has 1 aromatic carbocycles. The third kappa shape index (κ3) is 6.37. The highest BCUT2D eigenvalue weighted by atomic mass is 16.1. The third-order valence-electron chi connectivity index (χ3n) is 2.66. The Morgan fingerprint density at radius 2 is 1.67 bits per heavy atom. The van der Waals surface area contributed by atoms with Crippen LogP contribution >= 0.6 is 0 Å². The van der Waals surface area contributed by atoms with Crippen LogP contribution in [0.3, 0.4) is 0 Å². The molecule has 18 heavy (non-hydrogen) atoms. The molecule has 0 aliphatic heterocycles. The van der Waals surface area contributed by atoms with Crippen LogP contribution < -0.4 is 16.4 Å². The first-order chi connectivity index (χ1) is 8.84. The number of hydrogen-bond acceptors (Lipinski definition) is 3. The predicted molar refractivity (Wildman–Crippen MR) is 74.6 cm³/mol. The van der Waals surface area contributed by atoms with Crippen LogP contribution in [0.25, 0.3) is 0 Å². The Labute approximate surface area is 109 Å². The number of nitrogens with one attached hydrogen (secondary N) is 2. The van der Waals surface area contributed by atoms with Crippen molar-refractivity contribution in [1.29, 1.82) is 0 Å². The molecule has 0 saturated carbocycles. The van der Waals surface area contributed by atoms with Crippen molar-refractivity contribution >= 4 is 5.91 Å². The summed E-state index contributed by atoms with van der Waals surface area (Å²) >= 11 is 0. The standard InChI is InChI=1S/C14H23N3O/c15-9-6-11-16-10-4-5-12-17-14(18)13-7-2-1-3-8-13/h1-3,7-8,16H,4-6,9-12,15H2,(H,17,18). The number of carbonyl (C=O) groups is 1. The first-order valence-corrected chi connectivity index (χ1v) is 6.58. The minimum absolute atomic E-state index is 0.00620. The van der Waals surface area contributed by atoms with Gasteiger partial charge in [0.05, 0.1) is 0 Å². The molecule has 4 N–H and O–H groups in total. The van der Waals surface area contributed by atoms with E-state index >= 15 is 0 Å². The molecule has 0 fully saturated rings. The fourth-order valence-electron chi connectivity index (χ4n) is 1.62. The second-order valence-corrected chi connectivity index (χ2v) is 4.22. The van der Waals surface area contributed by atoms with Gasteiger partial charge in [-0.2, -0.15) is 0 Å². The normalized spacial score (nSPS) is 10.3. The van der Waals surface area contributed by atoms with Crippen LogP contribution in [0.4, 0.5) is 0 Å². The molecule has 4 nitrogen and oxygen atoms in total. The Morgan fingerprint density at radius 3 is 2.39 bits per heavy atom. The molecule has 0 atom stereocenters. The maximum atomic E-state index is 11.7. The van der Waals surface area contributed by atoms with E-state index in [1.807, 2.05) is 30.3 Å². The lowest BCUT2D eigenvalue weighted by Gasteiger charge is -2.06. The fourth-order valence-corrected chi connectivity index (χ4v) is 1.62. The zero-order valence-corrected chi connectivity index (χ0v) is 10.8. The molecule has 0 bridgehead atoms. The SMILES string of the molecule is NCCCNCCCCNC(=O)c1ccccc1. The van der Waals surface area contributed by atoms with Gasteiger partial charge in [0.25, 0.3) is 5.91 Å². The lowest BCUT2D eigenvalue weighted by molar-refractivity contribution is 0.0953. The van der Waals surface area contributed by atoms with E-state index in [-0.39, 0.29) is 5.91 Å². The predicted octanol–water partition coefficient (Wildman–Crippen LogP) is 1.14. The van der Waals surface area contributed by atoms with Gasteiger partial charge >= 0.3 is 0 Å². The summed E-state index contributed by atoms with van der Waals surface area (Å²) in [4.78, 5) is 11.7. The van der Waals surface area contributed by atoms with Gasteiger partial charge in [0.1, 0.15) is 0 Å². The molecule has 4 heteroatoms. The van der Waals surface area contributed by atoms with Crippen molar-refractivity contribution in [2.45, 2.75) is 19.3 Å². The Morgan fingerprint density at radius 1 is 1.00 bits per heavy atom. The number of hydrogen-bond donors (Lipinski definition) is 3. The summed E-state index contributed by atoms with van der Waals surface area (Å²) in [5, 5.41) is 6.23. The molecule has 1 amide bonds. The number of benzene rings is 1. The topological polar surface area (TPSA) is 67.2 Å². The molecule has 0 aromatic heterocycles. The van der Waals surface area contributed by atoms with Gasteiger partial charge in [-0.25, -0.2) is 0 Å². The summed E-state index contributed by atoms with van der Waals surface area (Å²) in [6.07, 6.45) is 3.08. The van der Waals surface area contributed by atoms with Crippen molar-refractivity contribution < 1.29 is 4.79 Å². The van der Waals surface area contributed by atoms with E-state index < -0.39 is 0 Å². The number of unbranched alkanes of at least 4 members (excludes halogenated alkanes) is 1. The molecule has 0 unspecified atom stereocenters. The molecule has 0 heterocycles. The third-order valence-corrected chi connectivity index (χ3v) is 2.66.